The van der Waals surface area contributed by atoms with E-state index in [1.54, 1.807) is 0 Å². The van der Waals surface area contributed by atoms with Crippen molar-refractivity contribution in [2.75, 3.05) is 0 Å². The maximum atomic E-state index is 10.2. The van der Waals surface area contributed by atoms with Crippen molar-refractivity contribution in [1.82, 2.24) is 0 Å². The van der Waals surface area contributed by atoms with Gasteiger partial charge in [0.05, 0.1) is 0 Å². The molecule has 0 fully saturated rings. The molecule has 0 saturated carbocycles. The third kappa shape index (κ3) is 1.48. The molecular formula is C18H14O. The maximum Gasteiger partial charge on any atom is 0.123 e. The molecule has 3 aromatic carbocycles. The van der Waals surface area contributed by atoms with Crippen molar-refractivity contribution in [2.24, 2.45) is 0 Å². The van der Waals surface area contributed by atoms with Gasteiger partial charge in [-0.3, -0.25) is 0 Å². The van der Waals surface area contributed by atoms with Crippen LogP contribution in [0.4, 0.5) is 0 Å². The Hall–Kier alpha value is -2.28. The SMILES string of the molecule is Oc1cc2c(c3ccccc13)-c1ccccc1CC2. The van der Waals surface area contributed by atoms with Gasteiger partial charge in [0.15, 0.2) is 0 Å². The van der Waals surface area contributed by atoms with E-state index >= 15 is 0 Å². The Balaban J connectivity index is 2.17. The third-order valence-electron chi connectivity index (χ3n) is 4.05. The summed E-state index contributed by atoms with van der Waals surface area (Å²) in [5.74, 6) is 0.397. The topological polar surface area (TPSA) is 20.2 Å². The summed E-state index contributed by atoms with van der Waals surface area (Å²) in [6.07, 6.45) is 2.06. The fraction of sp³-hybridized carbons (Fsp3) is 0.111. The zero-order valence-corrected chi connectivity index (χ0v) is 10.6. The van der Waals surface area contributed by atoms with E-state index in [4.69, 9.17) is 0 Å². The highest BCUT2D eigenvalue weighted by Crippen LogP contribution is 2.41. The summed E-state index contributed by atoms with van der Waals surface area (Å²) >= 11 is 0. The summed E-state index contributed by atoms with van der Waals surface area (Å²) in [5.41, 5.74) is 5.29. The lowest BCUT2D eigenvalue weighted by molar-refractivity contribution is 0.481. The maximum absolute atomic E-state index is 10.2. The molecule has 0 aliphatic heterocycles. The molecule has 0 unspecified atom stereocenters. The molecule has 0 atom stereocenters. The van der Waals surface area contributed by atoms with Crippen molar-refractivity contribution >= 4 is 10.8 Å². The fourth-order valence-corrected chi connectivity index (χ4v) is 3.18. The number of aromatic hydroxyl groups is 1. The average molecular weight is 246 g/mol. The fourth-order valence-electron chi connectivity index (χ4n) is 3.18. The zero-order valence-electron chi connectivity index (χ0n) is 10.6. The van der Waals surface area contributed by atoms with Gasteiger partial charge in [-0.2, -0.15) is 0 Å². The zero-order chi connectivity index (χ0) is 12.8. The molecule has 19 heavy (non-hydrogen) atoms. The molecule has 1 nitrogen and oxygen atoms in total. The van der Waals surface area contributed by atoms with Crippen LogP contribution >= 0.6 is 0 Å². The normalized spacial score (nSPS) is 13.1. The first-order chi connectivity index (χ1) is 9.34. The standard InChI is InChI=1S/C18H14O/c19-17-11-13-10-9-12-5-1-2-6-14(12)18(13)16-8-4-3-7-15(16)17/h1-8,11,19H,9-10H2. The Labute approximate surface area is 112 Å². The van der Waals surface area contributed by atoms with Gasteiger partial charge in [-0.1, -0.05) is 48.5 Å². The molecular weight excluding hydrogens is 232 g/mol. The monoisotopic (exact) mass is 246 g/mol. The van der Waals surface area contributed by atoms with Gasteiger partial charge in [-0.25, -0.2) is 0 Å². The minimum absolute atomic E-state index is 0.397. The van der Waals surface area contributed by atoms with Gasteiger partial charge in [-0.15, -0.1) is 0 Å². The van der Waals surface area contributed by atoms with Crippen molar-refractivity contribution in [3.63, 3.8) is 0 Å². The lowest BCUT2D eigenvalue weighted by Gasteiger charge is -2.22. The number of phenolic OH excluding ortho intramolecular Hbond substituents is 1. The molecule has 92 valence electrons. The molecule has 0 aromatic heterocycles. The van der Waals surface area contributed by atoms with Crippen LogP contribution in [0.15, 0.2) is 54.6 Å². The number of hydrogen-bond donors (Lipinski definition) is 1. The highest BCUT2D eigenvalue weighted by Gasteiger charge is 2.19. The summed E-state index contributed by atoms with van der Waals surface area (Å²) in [6, 6.07) is 18.6. The second-order valence-electron chi connectivity index (χ2n) is 5.13. The van der Waals surface area contributed by atoms with E-state index in [1.807, 2.05) is 24.3 Å². The molecule has 0 bridgehead atoms. The first-order valence-electron chi connectivity index (χ1n) is 6.66. The van der Waals surface area contributed by atoms with Crippen LogP contribution in [0.1, 0.15) is 11.1 Å². The molecule has 1 N–H and O–H groups in total. The van der Waals surface area contributed by atoms with Crippen LogP contribution in [0.2, 0.25) is 0 Å². The Morgan fingerprint density at radius 3 is 2.32 bits per heavy atom. The van der Waals surface area contributed by atoms with Gasteiger partial charge < -0.3 is 5.11 Å². The van der Waals surface area contributed by atoms with E-state index in [9.17, 15) is 5.11 Å². The Kier molecular flexibility index (Phi) is 2.16. The van der Waals surface area contributed by atoms with E-state index < -0.39 is 0 Å². The summed E-state index contributed by atoms with van der Waals surface area (Å²) in [7, 11) is 0. The van der Waals surface area contributed by atoms with Crippen molar-refractivity contribution in [3.05, 3.63) is 65.7 Å². The van der Waals surface area contributed by atoms with Gasteiger partial charge >= 0.3 is 0 Å². The minimum Gasteiger partial charge on any atom is -0.507 e. The summed E-state index contributed by atoms with van der Waals surface area (Å²) in [5, 5.41) is 12.3. The number of aryl methyl sites for hydroxylation is 2. The van der Waals surface area contributed by atoms with E-state index in [0.29, 0.717) is 5.75 Å². The minimum atomic E-state index is 0.397. The molecule has 0 radical (unpaired) electrons. The van der Waals surface area contributed by atoms with Crippen LogP contribution in [0.5, 0.6) is 5.75 Å². The van der Waals surface area contributed by atoms with E-state index in [1.165, 1.54) is 22.3 Å². The van der Waals surface area contributed by atoms with Gasteiger partial charge in [0.25, 0.3) is 0 Å². The smallest absolute Gasteiger partial charge is 0.123 e. The van der Waals surface area contributed by atoms with Crippen molar-refractivity contribution in [3.8, 4) is 16.9 Å². The second kappa shape index (κ2) is 3.86. The molecule has 1 aliphatic carbocycles. The number of phenols is 1. The van der Waals surface area contributed by atoms with Gasteiger partial charge in [0.2, 0.25) is 0 Å². The molecule has 3 aromatic rings. The largest absolute Gasteiger partial charge is 0.507 e. The van der Waals surface area contributed by atoms with E-state index in [0.717, 1.165) is 23.6 Å². The molecule has 1 heteroatoms. The van der Waals surface area contributed by atoms with Gasteiger partial charge in [0.1, 0.15) is 5.75 Å². The van der Waals surface area contributed by atoms with Crippen LogP contribution in [-0.4, -0.2) is 5.11 Å². The molecule has 0 spiro atoms. The van der Waals surface area contributed by atoms with Gasteiger partial charge in [-0.05, 0) is 46.5 Å². The van der Waals surface area contributed by atoms with Crippen molar-refractivity contribution < 1.29 is 5.11 Å². The van der Waals surface area contributed by atoms with Crippen LogP contribution < -0.4 is 0 Å². The highest BCUT2D eigenvalue weighted by molar-refractivity contribution is 6.02. The molecule has 0 saturated heterocycles. The first-order valence-corrected chi connectivity index (χ1v) is 6.66. The van der Waals surface area contributed by atoms with Gasteiger partial charge in [0, 0.05) is 5.39 Å². The van der Waals surface area contributed by atoms with Crippen LogP contribution in [0.25, 0.3) is 21.9 Å². The van der Waals surface area contributed by atoms with Crippen LogP contribution in [-0.2, 0) is 12.8 Å². The van der Waals surface area contributed by atoms with Crippen LogP contribution in [0.3, 0.4) is 0 Å². The summed E-state index contributed by atoms with van der Waals surface area (Å²) in [6.45, 7) is 0. The third-order valence-corrected chi connectivity index (χ3v) is 4.05. The Morgan fingerprint density at radius 2 is 1.42 bits per heavy atom. The lowest BCUT2D eigenvalue weighted by atomic mass is 9.82. The number of benzene rings is 3. The van der Waals surface area contributed by atoms with E-state index in [-0.39, 0.29) is 0 Å². The Morgan fingerprint density at radius 1 is 0.737 bits per heavy atom. The predicted octanol–water partition coefficient (Wildman–Crippen LogP) is 4.31. The molecule has 0 amide bonds. The number of hydrogen-bond acceptors (Lipinski definition) is 1. The Bertz CT molecular complexity index is 787. The predicted molar refractivity (Wildman–Crippen MR) is 78.5 cm³/mol. The average Bonchev–Trinajstić information content (AvgIpc) is 2.47. The summed E-state index contributed by atoms with van der Waals surface area (Å²) in [4.78, 5) is 0. The second-order valence-corrected chi connectivity index (χ2v) is 5.13. The first kappa shape index (κ1) is 10.6. The van der Waals surface area contributed by atoms with E-state index in [2.05, 4.69) is 30.3 Å². The lowest BCUT2D eigenvalue weighted by Crippen LogP contribution is -2.04. The van der Waals surface area contributed by atoms with Crippen molar-refractivity contribution in [2.45, 2.75) is 12.8 Å². The molecule has 1 aliphatic rings. The number of fused-ring (bicyclic) bond motifs is 5. The quantitative estimate of drug-likeness (QED) is 0.626. The van der Waals surface area contributed by atoms with Crippen LogP contribution in [0, 0.1) is 0 Å². The van der Waals surface area contributed by atoms with Crippen molar-refractivity contribution in [1.29, 1.82) is 0 Å². The highest BCUT2D eigenvalue weighted by atomic mass is 16.3. The number of rotatable bonds is 0. The summed E-state index contributed by atoms with van der Waals surface area (Å²) < 4.78 is 0. The molecule has 0 heterocycles. The molecule has 4 rings (SSSR count).